The summed E-state index contributed by atoms with van der Waals surface area (Å²) in [6, 6.07) is 7.23. The molecule has 2 N–H and O–H groups in total. The molecule has 7 nitrogen and oxygen atoms in total. The molecule has 0 atom stereocenters. The first-order chi connectivity index (χ1) is 16.0. The summed E-state index contributed by atoms with van der Waals surface area (Å²) in [5.41, 5.74) is 4.43. The van der Waals surface area contributed by atoms with Crippen molar-refractivity contribution in [2.75, 3.05) is 25.1 Å². The number of ether oxygens (including phenoxy) is 3. The Morgan fingerprint density at radius 3 is 2.67 bits per heavy atom. The summed E-state index contributed by atoms with van der Waals surface area (Å²) >= 11 is 0. The highest BCUT2D eigenvalue weighted by molar-refractivity contribution is 6.37. The molecule has 0 bridgehead atoms. The quantitative estimate of drug-likeness (QED) is 0.496. The monoisotopic (exact) mass is 453 g/mol. The van der Waals surface area contributed by atoms with Gasteiger partial charge in [-0.15, -0.1) is 0 Å². The number of esters is 1. The number of aromatic hydroxyl groups is 1. The fourth-order valence-corrected chi connectivity index (χ4v) is 4.69. The number of benzene rings is 2. The van der Waals surface area contributed by atoms with E-state index in [1.807, 2.05) is 19.1 Å². The molecule has 1 aliphatic carbocycles. The van der Waals surface area contributed by atoms with Crippen molar-refractivity contribution in [3.05, 3.63) is 46.5 Å². The van der Waals surface area contributed by atoms with E-state index < -0.39 is 11.9 Å². The average molecular weight is 454 g/mol. The summed E-state index contributed by atoms with van der Waals surface area (Å²) in [6.45, 7) is 5.28. The van der Waals surface area contributed by atoms with Gasteiger partial charge >= 0.3 is 11.9 Å². The van der Waals surface area contributed by atoms with Crippen molar-refractivity contribution >= 4 is 17.6 Å². The lowest BCUT2D eigenvalue weighted by atomic mass is 9.92. The van der Waals surface area contributed by atoms with Gasteiger partial charge in [0.25, 0.3) is 0 Å². The number of aryl methyl sites for hydroxylation is 1. The first kappa shape index (κ1) is 23.1. The minimum Gasteiger partial charge on any atom is -0.508 e. The molecule has 2 aromatic carbocycles. The molecule has 1 amide bonds. The van der Waals surface area contributed by atoms with Crippen LogP contribution < -0.4 is 10.1 Å². The van der Waals surface area contributed by atoms with Crippen LogP contribution in [0.1, 0.15) is 48.4 Å². The highest BCUT2D eigenvalue weighted by Gasteiger charge is 2.25. The predicted octanol–water partition coefficient (Wildman–Crippen LogP) is 4.45. The summed E-state index contributed by atoms with van der Waals surface area (Å²) in [5.74, 6) is 0.578. The first-order valence-corrected chi connectivity index (χ1v) is 11.7. The summed E-state index contributed by atoms with van der Waals surface area (Å²) in [4.78, 5) is 23.9. The van der Waals surface area contributed by atoms with Crippen LogP contribution in [-0.4, -0.2) is 36.8 Å². The molecule has 0 radical (unpaired) electrons. The van der Waals surface area contributed by atoms with Crippen LogP contribution in [0, 0.1) is 12.8 Å². The van der Waals surface area contributed by atoms with Crippen LogP contribution in [0.4, 0.5) is 5.69 Å². The second-order valence-corrected chi connectivity index (χ2v) is 8.71. The third-order valence-corrected chi connectivity index (χ3v) is 6.37. The first-order valence-electron chi connectivity index (χ1n) is 11.7. The van der Waals surface area contributed by atoms with Gasteiger partial charge in [-0.25, -0.2) is 4.79 Å². The SMILES string of the molecule is CCOC(=O)C(=O)Nc1cc(C)c(Oc2ccc(O)c(CC3CCOCC3)c2)c2c1CCC2. The van der Waals surface area contributed by atoms with E-state index in [1.165, 1.54) is 0 Å². The standard InChI is InChI=1S/C26H31NO6/c1-3-32-26(30)25(29)27-22-13-16(2)24(21-6-4-5-20(21)22)33-19-7-8-23(28)18(15-19)14-17-9-11-31-12-10-17/h7-8,13,15,17,28H,3-6,9-12,14H2,1-2H3,(H,27,29). The van der Waals surface area contributed by atoms with Gasteiger partial charge in [0, 0.05) is 24.5 Å². The number of hydrogen-bond acceptors (Lipinski definition) is 6. The molecule has 0 aromatic heterocycles. The molecule has 2 aromatic rings. The van der Waals surface area contributed by atoms with Crippen molar-refractivity contribution in [3.8, 4) is 17.2 Å². The van der Waals surface area contributed by atoms with Gasteiger partial charge in [0.2, 0.25) is 0 Å². The second kappa shape index (κ2) is 10.3. The van der Waals surface area contributed by atoms with Crippen LogP contribution in [0.3, 0.4) is 0 Å². The molecular formula is C26H31NO6. The Kier molecular flexibility index (Phi) is 7.18. The molecule has 1 heterocycles. The molecule has 0 spiro atoms. The van der Waals surface area contributed by atoms with E-state index in [2.05, 4.69) is 5.32 Å². The van der Waals surface area contributed by atoms with Gasteiger partial charge in [0.15, 0.2) is 0 Å². The minimum absolute atomic E-state index is 0.152. The third-order valence-electron chi connectivity index (χ3n) is 6.37. The van der Waals surface area contributed by atoms with E-state index in [0.717, 1.165) is 79.7 Å². The van der Waals surface area contributed by atoms with Crippen LogP contribution >= 0.6 is 0 Å². The van der Waals surface area contributed by atoms with Crippen molar-refractivity contribution in [3.63, 3.8) is 0 Å². The van der Waals surface area contributed by atoms with E-state index in [1.54, 1.807) is 19.1 Å². The van der Waals surface area contributed by atoms with Crippen molar-refractivity contribution in [2.45, 2.75) is 52.4 Å². The van der Waals surface area contributed by atoms with Crippen LogP contribution in [-0.2, 0) is 38.3 Å². The van der Waals surface area contributed by atoms with Crippen molar-refractivity contribution in [2.24, 2.45) is 5.92 Å². The van der Waals surface area contributed by atoms with Gasteiger partial charge in [-0.3, -0.25) is 4.79 Å². The zero-order valence-electron chi connectivity index (χ0n) is 19.2. The Bertz CT molecular complexity index is 1040. The Balaban J connectivity index is 1.56. The Morgan fingerprint density at radius 2 is 1.91 bits per heavy atom. The molecule has 1 fully saturated rings. The Morgan fingerprint density at radius 1 is 1.15 bits per heavy atom. The molecular weight excluding hydrogens is 422 g/mol. The molecule has 4 rings (SSSR count). The summed E-state index contributed by atoms with van der Waals surface area (Å²) in [5, 5.41) is 13.1. The van der Waals surface area contributed by atoms with Gasteiger partial charge < -0.3 is 24.6 Å². The van der Waals surface area contributed by atoms with Gasteiger partial charge in [0.1, 0.15) is 17.2 Å². The van der Waals surface area contributed by atoms with Gasteiger partial charge in [0.05, 0.1) is 6.61 Å². The van der Waals surface area contributed by atoms with Gasteiger partial charge in [-0.05, 0) is 99.2 Å². The van der Waals surface area contributed by atoms with E-state index in [4.69, 9.17) is 14.2 Å². The van der Waals surface area contributed by atoms with Crippen molar-refractivity contribution < 1.29 is 28.9 Å². The lowest BCUT2D eigenvalue weighted by Crippen LogP contribution is -2.25. The van der Waals surface area contributed by atoms with Crippen LogP contribution in [0.25, 0.3) is 0 Å². The fraction of sp³-hybridized carbons (Fsp3) is 0.462. The number of amides is 1. The lowest BCUT2D eigenvalue weighted by molar-refractivity contribution is -0.152. The van der Waals surface area contributed by atoms with Crippen molar-refractivity contribution in [1.29, 1.82) is 0 Å². The highest BCUT2D eigenvalue weighted by atomic mass is 16.5. The minimum atomic E-state index is -0.886. The molecule has 0 unspecified atom stereocenters. The molecule has 176 valence electrons. The lowest BCUT2D eigenvalue weighted by Gasteiger charge is -2.22. The highest BCUT2D eigenvalue weighted by Crippen LogP contribution is 2.41. The molecule has 7 heteroatoms. The van der Waals surface area contributed by atoms with Crippen LogP contribution in [0.5, 0.6) is 17.2 Å². The second-order valence-electron chi connectivity index (χ2n) is 8.71. The number of hydrogen-bond donors (Lipinski definition) is 2. The molecule has 33 heavy (non-hydrogen) atoms. The number of rotatable bonds is 6. The van der Waals surface area contributed by atoms with E-state index in [9.17, 15) is 14.7 Å². The smallest absolute Gasteiger partial charge is 0.397 e. The maximum absolute atomic E-state index is 12.2. The summed E-state index contributed by atoms with van der Waals surface area (Å²) < 4.78 is 16.6. The zero-order valence-corrected chi connectivity index (χ0v) is 19.2. The topological polar surface area (TPSA) is 94.1 Å². The van der Waals surface area contributed by atoms with E-state index >= 15 is 0 Å². The maximum Gasteiger partial charge on any atom is 0.397 e. The number of phenolic OH excluding ortho intramolecular Hbond substituents is 1. The summed E-state index contributed by atoms with van der Waals surface area (Å²) in [7, 11) is 0. The molecule has 0 saturated carbocycles. The van der Waals surface area contributed by atoms with E-state index in [-0.39, 0.29) is 12.4 Å². The van der Waals surface area contributed by atoms with Crippen molar-refractivity contribution in [1.82, 2.24) is 0 Å². The number of phenols is 1. The van der Waals surface area contributed by atoms with Gasteiger partial charge in [-0.1, -0.05) is 0 Å². The van der Waals surface area contributed by atoms with E-state index in [0.29, 0.717) is 17.4 Å². The number of carbonyl (C=O) groups excluding carboxylic acids is 2. The third kappa shape index (κ3) is 5.30. The molecule has 1 saturated heterocycles. The number of carbonyl (C=O) groups is 2. The summed E-state index contributed by atoms with van der Waals surface area (Å²) in [6.07, 6.45) is 5.37. The van der Waals surface area contributed by atoms with Crippen LogP contribution in [0.2, 0.25) is 0 Å². The number of fused-ring (bicyclic) bond motifs is 1. The largest absolute Gasteiger partial charge is 0.508 e. The Labute approximate surface area is 194 Å². The predicted molar refractivity (Wildman–Crippen MR) is 124 cm³/mol. The Hall–Kier alpha value is -3.06. The normalized spacial score (nSPS) is 15.7. The number of anilines is 1. The molecule has 2 aliphatic rings. The molecule has 1 aliphatic heterocycles. The van der Waals surface area contributed by atoms with Gasteiger partial charge in [-0.2, -0.15) is 0 Å². The van der Waals surface area contributed by atoms with Crippen LogP contribution in [0.15, 0.2) is 24.3 Å². The zero-order chi connectivity index (χ0) is 23.4. The maximum atomic E-state index is 12.2. The fourth-order valence-electron chi connectivity index (χ4n) is 4.69. The number of nitrogens with one attached hydrogen (secondary N) is 1. The average Bonchev–Trinajstić information content (AvgIpc) is 3.29.